The molecule has 1 aliphatic heterocycles. The number of carbonyl (C=O) groups excluding carboxylic acids is 1. The predicted molar refractivity (Wildman–Crippen MR) is 90.8 cm³/mol. The van der Waals surface area contributed by atoms with Gasteiger partial charge in [-0.3, -0.25) is 14.7 Å². The van der Waals surface area contributed by atoms with Gasteiger partial charge in [0.25, 0.3) is 0 Å². The van der Waals surface area contributed by atoms with Crippen molar-refractivity contribution >= 4 is 17.3 Å². The summed E-state index contributed by atoms with van der Waals surface area (Å²) < 4.78 is 0. The molecule has 2 aromatic carbocycles. The average Bonchev–Trinajstić information content (AvgIpc) is 2.92. The predicted octanol–water partition coefficient (Wildman–Crippen LogP) is 3.89. The minimum absolute atomic E-state index is 0.133. The molecule has 0 saturated heterocycles. The molecule has 0 N–H and O–H groups in total. The van der Waals surface area contributed by atoms with E-state index in [1.165, 1.54) is 5.56 Å². The lowest BCUT2D eigenvalue weighted by Gasteiger charge is -2.21. The number of rotatable bonds is 3. The van der Waals surface area contributed by atoms with Gasteiger partial charge in [0.1, 0.15) is 0 Å². The first-order valence-electron chi connectivity index (χ1n) is 7.70. The van der Waals surface area contributed by atoms with Gasteiger partial charge in [-0.2, -0.15) is 0 Å². The monoisotopic (exact) mass is 300 g/mol. The Kier molecular flexibility index (Phi) is 3.39. The maximum absolute atomic E-state index is 12.6. The lowest BCUT2D eigenvalue weighted by molar-refractivity contribution is -0.116. The van der Waals surface area contributed by atoms with E-state index in [9.17, 15) is 4.79 Å². The highest BCUT2D eigenvalue weighted by Gasteiger charge is 2.29. The number of amides is 1. The van der Waals surface area contributed by atoms with Crippen LogP contribution in [0.15, 0.2) is 73.1 Å². The maximum Gasteiger partial charge on any atom is 0.236 e. The van der Waals surface area contributed by atoms with E-state index in [4.69, 9.17) is 0 Å². The Morgan fingerprint density at radius 2 is 1.57 bits per heavy atom. The fraction of sp³-hybridized carbons (Fsp3) is 0.100. The Morgan fingerprint density at radius 3 is 2.39 bits per heavy atom. The fourth-order valence-corrected chi connectivity index (χ4v) is 3.12. The number of carbonyl (C=O) groups is 1. The van der Waals surface area contributed by atoms with Gasteiger partial charge in [-0.15, -0.1) is 0 Å². The van der Waals surface area contributed by atoms with Crippen molar-refractivity contribution in [3.05, 3.63) is 89.7 Å². The molecule has 3 aromatic rings. The highest BCUT2D eigenvalue weighted by Crippen LogP contribution is 2.37. The number of nitrogens with zero attached hydrogens (tertiary/aromatic N) is 2. The molecule has 23 heavy (non-hydrogen) atoms. The van der Waals surface area contributed by atoms with E-state index in [0.717, 1.165) is 28.9 Å². The van der Waals surface area contributed by atoms with E-state index in [0.29, 0.717) is 6.42 Å². The summed E-state index contributed by atoms with van der Waals surface area (Å²) in [7, 11) is 0. The smallest absolute Gasteiger partial charge is 0.236 e. The average molecular weight is 300 g/mol. The van der Waals surface area contributed by atoms with Crippen molar-refractivity contribution in [2.75, 3.05) is 4.90 Å². The van der Waals surface area contributed by atoms with Crippen LogP contribution in [-0.4, -0.2) is 10.9 Å². The topological polar surface area (TPSA) is 33.2 Å². The third-order valence-corrected chi connectivity index (χ3v) is 4.20. The van der Waals surface area contributed by atoms with Crippen LogP contribution < -0.4 is 4.90 Å². The van der Waals surface area contributed by atoms with E-state index in [1.54, 1.807) is 12.4 Å². The third kappa shape index (κ3) is 2.50. The highest BCUT2D eigenvalue weighted by molar-refractivity contribution is 6.07. The summed E-state index contributed by atoms with van der Waals surface area (Å²) in [5.74, 6) is 0.133. The Bertz CT molecular complexity index is 858. The van der Waals surface area contributed by atoms with Crippen LogP contribution in [0.1, 0.15) is 16.7 Å². The second-order valence-electron chi connectivity index (χ2n) is 5.70. The molecule has 0 atom stereocenters. The zero-order valence-corrected chi connectivity index (χ0v) is 12.6. The summed E-state index contributed by atoms with van der Waals surface area (Å²) in [4.78, 5) is 18.5. The molecule has 3 nitrogen and oxygen atoms in total. The van der Waals surface area contributed by atoms with Gasteiger partial charge in [0.2, 0.25) is 5.91 Å². The first-order valence-corrected chi connectivity index (χ1v) is 7.70. The largest absolute Gasteiger partial charge is 0.280 e. The number of hydrogen-bond acceptors (Lipinski definition) is 2. The summed E-state index contributed by atoms with van der Waals surface area (Å²) in [5, 5.41) is 0. The zero-order valence-electron chi connectivity index (χ0n) is 12.6. The molecule has 2 heterocycles. The first kappa shape index (κ1) is 13.7. The number of para-hydroxylation sites is 2. The fourth-order valence-electron chi connectivity index (χ4n) is 3.12. The zero-order chi connectivity index (χ0) is 15.6. The normalized spacial score (nSPS) is 13.2. The molecule has 0 radical (unpaired) electrons. The number of fused-ring (bicyclic) bond motifs is 1. The van der Waals surface area contributed by atoms with E-state index in [-0.39, 0.29) is 5.91 Å². The minimum Gasteiger partial charge on any atom is -0.280 e. The SMILES string of the molecule is O=C1Cc2ccccc2N1c1ccccc1Cc1ccncc1. The van der Waals surface area contributed by atoms with Gasteiger partial charge in [-0.1, -0.05) is 36.4 Å². The molecule has 1 amide bonds. The molecular weight excluding hydrogens is 284 g/mol. The number of anilines is 2. The van der Waals surface area contributed by atoms with Crippen LogP contribution in [0.25, 0.3) is 0 Å². The van der Waals surface area contributed by atoms with Crippen molar-refractivity contribution < 1.29 is 4.79 Å². The quantitative estimate of drug-likeness (QED) is 0.735. The summed E-state index contributed by atoms with van der Waals surface area (Å²) in [5.41, 5.74) is 5.39. The van der Waals surface area contributed by atoms with Gasteiger partial charge < -0.3 is 0 Å². The van der Waals surface area contributed by atoms with Gasteiger partial charge >= 0.3 is 0 Å². The number of pyridine rings is 1. The molecule has 1 aliphatic rings. The van der Waals surface area contributed by atoms with Crippen LogP contribution in [0.2, 0.25) is 0 Å². The van der Waals surface area contributed by atoms with Crippen molar-refractivity contribution in [3.8, 4) is 0 Å². The molecule has 0 unspecified atom stereocenters. The molecule has 1 aromatic heterocycles. The van der Waals surface area contributed by atoms with E-state index < -0.39 is 0 Å². The molecule has 3 heteroatoms. The van der Waals surface area contributed by atoms with E-state index in [1.807, 2.05) is 59.5 Å². The second kappa shape index (κ2) is 5.69. The van der Waals surface area contributed by atoms with Gasteiger partial charge in [-0.05, 0) is 47.4 Å². The number of hydrogen-bond donors (Lipinski definition) is 0. The van der Waals surface area contributed by atoms with Gasteiger partial charge in [-0.25, -0.2) is 0 Å². The van der Waals surface area contributed by atoms with Crippen LogP contribution in [0.4, 0.5) is 11.4 Å². The molecule has 0 spiro atoms. The highest BCUT2D eigenvalue weighted by atomic mass is 16.2. The Balaban J connectivity index is 1.77. The minimum atomic E-state index is 0.133. The van der Waals surface area contributed by atoms with Crippen LogP contribution in [0.3, 0.4) is 0 Å². The van der Waals surface area contributed by atoms with Crippen LogP contribution in [0, 0.1) is 0 Å². The maximum atomic E-state index is 12.6. The summed E-state index contributed by atoms with van der Waals surface area (Å²) in [6, 6.07) is 20.1. The second-order valence-corrected chi connectivity index (χ2v) is 5.70. The van der Waals surface area contributed by atoms with Crippen molar-refractivity contribution in [3.63, 3.8) is 0 Å². The third-order valence-electron chi connectivity index (χ3n) is 4.20. The Hall–Kier alpha value is -2.94. The number of benzene rings is 2. The van der Waals surface area contributed by atoms with Gasteiger partial charge in [0.05, 0.1) is 17.8 Å². The van der Waals surface area contributed by atoms with E-state index in [2.05, 4.69) is 11.1 Å². The van der Waals surface area contributed by atoms with Gasteiger partial charge in [0, 0.05) is 12.4 Å². The summed E-state index contributed by atoms with van der Waals surface area (Å²) >= 11 is 0. The van der Waals surface area contributed by atoms with Crippen LogP contribution in [-0.2, 0) is 17.6 Å². The molecule has 0 fully saturated rings. The molecule has 0 saturated carbocycles. The van der Waals surface area contributed by atoms with E-state index >= 15 is 0 Å². The standard InChI is InChI=1S/C20H16N2O/c23-20-14-17-6-2-4-8-19(17)22(20)18-7-3-1-5-16(18)13-15-9-11-21-12-10-15/h1-12H,13-14H2. The molecule has 112 valence electrons. The van der Waals surface area contributed by atoms with Crippen molar-refractivity contribution in [2.45, 2.75) is 12.8 Å². The molecule has 0 bridgehead atoms. The lowest BCUT2D eigenvalue weighted by atomic mass is 10.0. The van der Waals surface area contributed by atoms with Crippen molar-refractivity contribution in [1.82, 2.24) is 4.98 Å². The van der Waals surface area contributed by atoms with Crippen molar-refractivity contribution in [1.29, 1.82) is 0 Å². The van der Waals surface area contributed by atoms with Crippen LogP contribution >= 0.6 is 0 Å². The van der Waals surface area contributed by atoms with Gasteiger partial charge in [0.15, 0.2) is 0 Å². The summed E-state index contributed by atoms with van der Waals surface area (Å²) in [6.07, 6.45) is 4.85. The summed E-state index contributed by atoms with van der Waals surface area (Å²) in [6.45, 7) is 0. The van der Waals surface area contributed by atoms with Crippen molar-refractivity contribution in [2.24, 2.45) is 0 Å². The Morgan fingerprint density at radius 1 is 0.870 bits per heavy atom. The first-order chi connectivity index (χ1) is 11.3. The lowest BCUT2D eigenvalue weighted by Crippen LogP contribution is -2.22. The number of aromatic nitrogens is 1. The Labute approximate surface area is 135 Å². The molecule has 0 aliphatic carbocycles. The van der Waals surface area contributed by atoms with Crippen LogP contribution in [0.5, 0.6) is 0 Å². The molecular formula is C20H16N2O. The molecule has 4 rings (SSSR count).